The van der Waals surface area contributed by atoms with E-state index < -0.39 is 6.10 Å². The van der Waals surface area contributed by atoms with Gasteiger partial charge in [0.1, 0.15) is 17.6 Å². The van der Waals surface area contributed by atoms with E-state index in [1.165, 1.54) is 0 Å². The molecular formula is C20H23NO4. The highest BCUT2D eigenvalue weighted by Gasteiger charge is 2.51. The minimum Gasteiger partial charge on any atom is -0.498 e. The molecule has 0 aliphatic carbocycles. The first-order valence-corrected chi connectivity index (χ1v) is 8.16. The minimum atomic E-state index is -0.526. The third kappa shape index (κ3) is 2.74. The fourth-order valence-electron chi connectivity index (χ4n) is 3.45. The Morgan fingerprint density at radius 1 is 1.08 bits per heavy atom. The number of benzene rings is 1. The summed E-state index contributed by atoms with van der Waals surface area (Å²) in [5, 5.41) is 0. The highest BCUT2D eigenvalue weighted by Crippen LogP contribution is 2.41. The number of carbonyl (C=O) groups is 1. The number of ether oxygens (including phenoxy) is 3. The van der Waals surface area contributed by atoms with Gasteiger partial charge in [-0.05, 0) is 35.3 Å². The van der Waals surface area contributed by atoms with E-state index in [-0.39, 0.29) is 11.9 Å². The molecule has 0 spiro atoms. The summed E-state index contributed by atoms with van der Waals surface area (Å²) in [6.45, 7) is 8.96. The van der Waals surface area contributed by atoms with E-state index in [1.807, 2.05) is 24.3 Å². The van der Waals surface area contributed by atoms with Crippen molar-refractivity contribution in [1.29, 1.82) is 0 Å². The Labute approximate surface area is 148 Å². The largest absolute Gasteiger partial charge is 0.498 e. The minimum absolute atomic E-state index is 0.0172. The van der Waals surface area contributed by atoms with Gasteiger partial charge in [0.2, 0.25) is 0 Å². The lowest BCUT2D eigenvalue weighted by Gasteiger charge is -2.48. The maximum Gasteiger partial charge on any atom is 0.255 e. The summed E-state index contributed by atoms with van der Waals surface area (Å²) in [6, 6.07) is 7.45. The van der Waals surface area contributed by atoms with Crippen molar-refractivity contribution in [3.63, 3.8) is 0 Å². The molecule has 5 heteroatoms. The molecule has 2 heterocycles. The third-order valence-corrected chi connectivity index (χ3v) is 4.90. The van der Waals surface area contributed by atoms with Gasteiger partial charge in [0.25, 0.3) is 5.91 Å². The van der Waals surface area contributed by atoms with Crippen LogP contribution in [0.5, 0.6) is 5.75 Å². The SMILES string of the molecule is C=C1CCN2C(=O)[C@H](OC)[C@@H]2/C(OC)=C(/c2ccc(OC)cc2)C1=C. The van der Waals surface area contributed by atoms with E-state index in [0.29, 0.717) is 18.7 Å². The molecule has 5 nitrogen and oxygen atoms in total. The first-order chi connectivity index (χ1) is 12.0. The molecule has 2 atom stereocenters. The first kappa shape index (κ1) is 17.3. The van der Waals surface area contributed by atoms with E-state index in [9.17, 15) is 4.79 Å². The summed E-state index contributed by atoms with van der Waals surface area (Å²) in [4.78, 5) is 14.1. The van der Waals surface area contributed by atoms with Crippen LogP contribution in [0.25, 0.3) is 5.57 Å². The van der Waals surface area contributed by atoms with Gasteiger partial charge in [-0.3, -0.25) is 4.79 Å². The van der Waals surface area contributed by atoms with Crippen LogP contribution in [0.1, 0.15) is 12.0 Å². The number of carbonyl (C=O) groups excluding carboxylic acids is 1. The standard InChI is InChI=1S/C20H23NO4/c1-12-10-11-21-17(19(25-5)20(21)22)18(24-4)16(13(12)2)14-6-8-15(23-3)9-7-14/h6-9,17,19H,1-2,10-11H2,3-5H3/b18-16-/t17-,19+/m0/s1. The van der Waals surface area contributed by atoms with Gasteiger partial charge in [-0.1, -0.05) is 25.3 Å². The second-order valence-corrected chi connectivity index (χ2v) is 6.14. The molecule has 0 saturated carbocycles. The number of fused-ring (bicyclic) bond motifs is 1. The van der Waals surface area contributed by atoms with E-state index in [1.54, 1.807) is 26.2 Å². The zero-order valence-electron chi connectivity index (χ0n) is 14.9. The van der Waals surface area contributed by atoms with E-state index >= 15 is 0 Å². The Morgan fingerprint density at radius 3 is 2.32 bits per heavy atom. The summed E-state index contributed by atoms with van der Waals surface area (Å²) in [6.07, 6.45) is 0.149. The zero-order valence-corrected chi connectivity index (χ0v) is 14.9. The molecule has 1 saturated heterocycles. The Morgan fingerprint density at radius 2 is 1.76 bits per heavy atom. The number of hydrogen-bond donors (Lipinski definition) is 0. The second-order valence-electron chi connectivity index (χ2n) is 6.14. The molecule has 25 heavy (non-hydrogen) atoms. The Balaban J connectivity index is 2.16. The van der Waals surface area contributed by atoms with E-state index in [2.05, 4.69) is 13.2 Å². The van der Waals surface area contributed by atoms with Crippen LogP contribution in [0.4, 0.5) is 0 Å². The molecule has 1 aromatic carbocycles. The number of allylic oxidation sites excluding steroid dienone is 2. The van der Waals surface area contributed by atoms with Crippen molar-refractivity contribution in [1.82, 2.24) is 4.90 Å². The van der Waals surface area contributed by atoms with Crippen LogP contribution in [0, 0.1) is 0 Å². The fraction of sp³-hybridized carbons (Fsp3) is 0.350. The van der Waals surface area contributed by atoms with Gasteiger partial charge >= 0.3 is 0 Å². The molecule has 0 bridgehead atoms. The van der Waals surface area contributed by atoms with Crippen LogP contribution in [0.3, 0.4) is 0 Å². The lowest BCUT2D eigenvalue weighted by atomic mass is 9.83. The van der Waals surface area contributed by atoms with Crippen LogP contribution in [0.2, 0.25) is 0 Å². The quantitative estimate of drug-likeness (QED) is 0.790. The predicted octanol–water partition coefficient (Wildman–Crippen LogP) is 2.79. The summed E-state index contributed by atoms with van der Waals surface area (Å²) in [7, 11) is 4.80. The number of β-lactam (4-membered cyclic amide) rings is 1. The average molecular weight is 341 g/mol. The Kier molecular flexibility index (Phi) is 4.68. The molecule has 0 radical (unpaired) electrons. The van der Waals surface area contributed by atoms with Crippen molar-refractivity contribution < 1.29 is 19.0 Å². The molecule has 0 aromatic heterocycles. The van der Waals surface area contributed by atoms with Gasteiger partial charge in [0.15, 0.2) is 6.10 Å². The lowest BCUT2D eigenvalue weighted by Crippen LogP contribution is -2.66. The molecule has 132 valence electrons. The number of amides is 1. The molecule has 3 rings (SSSR count). The maximum atomic E-state index is 12.3. The van der Waals surface area contributed by atoms with Crippen LogP contribution in [-0.2, 0) is 14.3 Å². The van der Waals surface area contributed by atoms with Gasteiger partial charge in [0, 0.05) is 19.2 Å². The number of nitrogens with zero attached hydrogens (tertiary/aromatic N) is 1. The zero-order chi connectivity index (χ0) is 18.1. The predicted molar refractivity (Wildman–Crippen MR) is 96.1 cm³/mol. The van der Waals surface area contributed by atoms with Crippen LogP contribution in [0.15, 0.2) is 54.3 Å². The maximum absolute atomic E-state index is 12.3. The van der Waals surface area contributed by atoms with Crippen molar-refractivity contribution >= 4 is 11.5 Å². The molecule has 0 unspecified atom stereocenters. The van der Waals surface area contributed by atoms with Crippen LogP contribution in [-0.4, -0.2) is 50.8 Å². The van der Waals surface area contributed by atoms with Crippen LogP contribution >= 0.6 is 0 Å². The Hall–Kier alpha value is -2.53. The van der Waals surface area contributed by atoms with Crippen molar-refractivity contribution in [3.8, 4) is 5.75 Å². The summed E-state index contributed by atoms with van der Waals surface area (Å²) < 4.78 is 16.4. The van der Waals surface area contributed by atoms with Gasteiger partial charge in [-0.15, -0.1) is 0 Å². The molecular weight excluding hydrogens is 318 g/mol. The number of methoxy groups -OCH3 is 3. The summed E-state index contributed by atoms with van der Waals surface area (Å²) >= 11 is 0. The molecule has 1 fully saturated rings. The molecule has 0 N–H and O–H groups in total. The third-order valence-electron chi connectivity index (χ3n) is 4.90. The normalized spacial score (nSPS) is 26.5. The molecule has 2 aliphatic heterocycles. The van der Waals surface area contributed by atoms with Crippen molar-refractivity contribution in [2.24, 2.45) is 0 Å². The summed E-state index contributed by atoms with van der Waals surface area (Å²) in [5.74, 6) is 1.44. The molecule has 2 aliphatic rings. The van der Waals surface area contributed by atoms with Gasteiger partial charge in [0.05, 0.1) is 14.2 Å². The van der Waals surface area contributed by atoms with Crippen molar-refractivity contribution in [3.05, 3.63) is 59.9 Å². The highest BCUT2D eigenvalue weighted by atomic mass is 16.5. The summed E-state index contributed by atoms with van der Waals surface area (Å²) in [5.41, 5.74) is 3.53. The second kappa shape index (κ2) is 6.76. The monoisotopic (exact) mass is 341 g/mol. The number of hydrogen-bond acceptors (Lipinski definition) is 4. The number of rotatable bonds is 4. The Bertz CT molecular complexity index is 747. The van der Waals surface area contributed by atoms with Crippen molar-refractivity contribution in [2.45, 2.75) is 18.6 Å². The van der Waals surface area contributed by atoms with Gasteiger partial charge in [-0.2, -0.15) is 0 Å². The van der Waals surface area contributed by atoms with E-state index in [0.717, 1.165) is 28.0 Å². The van der Waals surface area contributed by atoms with Crippen molar-refractivity contribution in [2.75, 3.05) is 27.9 Å². The smallest absolute Gasteiger partial charge is 0.255 e. The highest BCUT2D eigenvalue weighted by molar-refractivity contribution is 5.93. The first-order valence-electron chi connectivity index (χ1n) is 8.16. The van der Waals surface area contributed by atoms with Gasteiger partial charge < -0.3 is 19.1 Å². The molecule has 1 aromatic rings. The average Bonchev–Trinajstić information content (AvgIpc) is 2.63. The topological polar surface area (TPSA) is 48.0 Å². The van der Waals surface area contributed by atoms with Crippen LogP contribution < -0.4 is 4.74 Å². The molecule has 1 amide bonds. The lowest BCUT2D eigenvalue weighted by molar-refractivity contribution is -0.169. The van der Waals surface area contributed by atoms with E-state index in [4.69, 9.17) is 14.2 Å². The van der Waals surface area contributed by atoms with Gasteiger partial charge in [-0.25, -0.2) is 0 Å². The fourth-order valence-corrected chi connectivity index (χ4v) is 3.45.